The molecule has 3 aliphatic rings. The Morgan fingerprint density at radius 3 is 2.13 bits per heavy atom. The number of hydrogen-bond acceptors (Lipinski definition) is 9. The number of carbonyl (C=O) groups is 2. The molecule has 0 spiro atoms. The Labute approximate surface area is 260 Å². The number of unbranched alkanes of at least 4 members (excludes halogenated alkanes) is 2. The van der Waals surface area contributed by atoms with Gasteiger partial charge in [0, 0.05) is 28.6 Å². The van der Waals surface area contributed by atoms with Crippen molar-refractivity contribution in [3.63, 3.8) is 0 Å². The van der Waals surface area contributed by atoms with Gasteiger partial charge in [-0.05, 0) is 79.4 Å². The molecule has 2 aromatic carbocycles. The third-order valence-corrected chi connectivity index (χ3v) is 10.4. The van der Waals surface area contributed by atoms with Crippen molar-refractivity contribution in [3.05, 3.63) is 82.3 Å². The molecule has 12 nitrogen and oxygen atoms in total. The van der Waals surface area contributed by atoms with Crippen LogP contribution in [0, 0.1) is 0 Å². The van der Waals surface area contributed by atoms with Crippen molar-refractivity contribution in [1.82, 2.24) is 0 Å². The Balaban J connectivity index is 1.48. The molecule has 0 radical (unpaired) electrons. The van der Waals surface area contributed by atoms with Gasteiger partial charge in [0.15, 0.2) is 0 Å². The highest BCUT2D eigenvalue weighted by Gasteiger charge is 2.43. The van der Waals surface area contributed by atoms with Crippen molar-refractivity contribution in [1.29, 1.82) is 0 Å². The molecule has 45 heavy (non-hydrogen) atoms. The first kappa shape index (κ1) is 32.3. The smallest absolute Gasteiger partial charge is 0.303 e. The number of aliphatic hydroxyl groups is 1. The Kier molecular flexibility index (Phi) is 7.93. The summed E-state index contributed by atoms with van der Waals surface area (Å²) in [5, 5.41) is 23.2. The second-order valence-corrected chi connectivity index (χ2v) is 14.9. The van der Waals surface area contributed by atoms with Crippen LogP contribution in [0.25, 0.3) is 0 Å². The first-order chi connectivity index (χ1) is 20.8. The van der Waals surface area contributed by atoms with Crippen molar-refractivity contribution in [2.45, 2.75) is 73.5 Å². The lowest BCUT2D eigenvalue weighted by molar-refractivity contribution is -0.137. The molecule has 0 saturated carbocycles. The van der Waals surface area contributed by atoms with Crippen LogP contribution < -0.4 is 5.32 Å². The van der Waals surface area contributed by atoms with Crippen LogP contribution in [0.2, 0.25) is 0 Å². The van der Waals surface area contributed by atoms with Crippen LogP contribution in [-0.2, 0) is 40.7 Å². The molecule has 2 aliphatic heterocycles. The van der Waals surface area contributed by atoms with Gasteiger partial charge in [0.25, 0.3) is 20.2 Å². The molecule has 2 heterocycles. The topological polar surface area (TPSA) is 208 Å². The summed E-state index contributed by atoms with van der Waals surface area (Å²) >= 11 is 0. The number of aliphatic imine (C=N–C) groups is 1. The minimum absolute atomic E-state index is 0.0102. The number of fused-ring (bicyclic) bond motifs is 2. The van der Waals surface area contributed by atoms with Gasteiger partial charge in [0.2, 0.25) is 5.78 Å². The van der Waals surface area contributed by atoms with Gasteiger partial charge < -0.3 is 15.5 Å². The maximum absolute atomic E-state index is 13.4. The molecule has 1 atom stereocenters. The second kappa shape index (κ2) is 11.1. The molecule has 238 valence electrons. The van der Waals surface area contributed by atoms with E-state index in [-0.39, 0.29) is 33.1 Å². The van der Waals surface area contributed by atoms with Gasteiger partial charge in [-0.25, -0.2) is 0 Å². The fraction of sp³-hybridized carbons (Fsp3) is 0.323. The first-order valence-electron chi connectivity index (χ1n) is 14.1. The lowest BCUT2D eigenvalue weighted by atomic mass is 9.75. The van der Waals surface area contributed by atoms with E-state index in [2.05, 4.69) is 10.3 Å². The highest BCUT2D eigenvalue weighted by Crippen LogP contribution is 2.49. The molecule has 5 rings (SSSR count). The maximum atomic E-state index is 13.4. The molecule has 0 saturated heterocycles. The van der Waals surface area contributed by atoms with E-state index in [9.17, 15) is 40.6 Å². The van der Waals surface area contributed by atoms with Crippen molar-refractivity contribution in [2.24, 2.45) is 4.99 Å². The van der Waals surface area contributed by atoms with E-state index in [0.29, 0.717) is 59.6 Å². The van der Waals surface area contributed by atoms with Crippen LogP contribution in [0.4, 0.5) is 11.4 Å². The van der Waals surface area contributed by atoms with Gasteiger partial charge in [-0.15, -0.1) is 0 Å². The lowest BCUT2D eigenvalue weighted by Crippen LogP contribution is -2.29. The first-order valence-corrected chi connectivity index (χ1v) is 17.0. The number of nitrogens with one attached hydrogen (secondary N) is 1. The average molecular weight is 657 g/mol. The van der Waals surface area contributed by atoms with Crippen LogP contribution in [0.5, 0.6) is 0 Å². The van der Waals surface area contributed by atoms with Crippen molar-refractivity contribution in [2.75, 3.05) is 5.32 Å². The molecule has 0 bridgehead atoms. The summed E-state index contributed by atoms with van der Waals surface area (Å²) in [5.74, 6) is -1.64. The number of ketones is 1. The number of carboxylic acid groups (broad SMARTS) is 1. The van der Waals surface area contributed by atoms with Gasteiger partial charge in [-0.3, -0.25) is 23.7 Å². The van der Waals surface area contributed by atoms with E-state index in [1.807, 2.05) is 6.92 Å². The van der Waals surface area contributed by atoms with Crippen molar-refractivity contribution in [3.8, 4) is 0 Å². The number of benzene rings is 2. The van der Waals surface area contributed by atoms with E-state index in [1.54, 1.807) is 13.8 Å². The number of anilines is 1. The number of hydrogen-bond donors (Lipinski definition) is 5. The largest absolute Gasteiger partial charge is 0.506 e. The van der Waals surface area contributed by atoms with Gasteiger partial charge >= 0.3 is 5.97 Å². The monoisotopic (exact) mass is 656 g/mol. The van der Waals surface area contributed by atoms with Crippen molar-refractivity contribution < 1.29 is 45.7 Å². The highest BCUT2D eigenvalue weighted by molar-refractivity contribution is 7.86. The molecule has 0 unspecified atom stereocenters. The number of rotatable bonds is 10. The van der Waals surface area contributed by atoms with Gasteiger partial charge in [-0.1, -0.05) is 26.7 Å². The van der Waals surface area contributed by atoms with Gasteiger partial charge in [-0.2, -0.15) is 16.8 Å². The summed E-state index contributed by atoms with van der Waals surface area (Å²) in [7, 11) is -8.94. The highest BCUT2D eigenvalue weighted by atomic mass is 32.2. The zero-order chi connectivity index (χ0) is 33.1. The number of aliphatic hydroxyl groups excluding tert-OH is 1. The summed E-state index contributed by atoms with van der Waals surface area (Å²) in [6, 6.07) is 8.14. The van der Waals surface area contributed by atoms with E-state index in [1.165, 1.54) is 48.6 Å². The Bertz CT molecular complexity index is 2000. The summed E-state index contributed by atoms with van der Waals surface area (Å²) in [6.07, 6.45) is 5.05. The normalized spacial score (nSPS) is 22.2. The van der Waals surface area contributed by atoms with Crippen LogP contribution in [0.3, 0.4) is 0 Å². The molecule has 5 N–H and O–H groups in total. The molecular formula is C31H32N2O10S2. The Hall–Kier alpha value is -4.11. The second-order valence-electron chi connectivity index (χ2n) is 12.1. The number of aliphatic carboxylic acids is 1. The Morgan fingerprint density at radius 2 is 1.53 bits per heavy atom. The fourth-order valence-electron chi connectivity index (χ4n) is 5.96. The summed E-state index contributed by atoms with van der Waals surface area (Å²) in [5.41, 5.74) is 1.35. The minimum atomic E-state index is -4.50. The molecular weight excluding hydrogens is 624 g/mol. The molecule has 2 aromatic rings. The maximum Gasteiger partial charge on any atom is 0.303 e. The number of carbonyl (C=O) groups excluding carboxylic acids is 1. The third kappa shape index (κ3) is 5.86. The zero-order valence-corrected chi connectivity index (χ0v) is 26.3. The van der Waals surface area contributed by atoms with Crippen LogP contribution in [-0.4, -0.2) is 53.6 Å². The molecule has 1 aliphatic carbocycles. The van der Waals surface area contributed by atoms with Gasteiger partial charge in [0.1, 0.15) is 5.76 Å². The minimum Gasteiger partial charge on any atom is -0.506 e. The van der Waals surface area contributed by atoms with E-state index >= 15 is 0 Å². The standard InChI is InChI=1S/C31H32N2O10S2/c1-30(2)21-13-17(44(38,39)40)8-10-23(21)32-25(30)15-19-28(36)20(29(19)37)16-26-31(3,12-6-4-5-7-27(34)35)22-14-18(45(41,42)43)9-11-24(22)33-26/h8-11,13-16,33,36H,4-7,12H2,1-3H3,(H,34,35)(H,38,39,40)(H,41,42,43)/b19-15+,26-16-/t31-/m1/s1. The zero-order valence-electron chi connectivity index (χ0n) is 24.7. The van der Waals surface area contributed by atoms with Crippen molar-refractivity contribution >= 4 is 49.1 Å². The Morgan fingerprint density at radius 1 is 0.911 bits per heavy atom. The summed E-state index contributed by atoms with van der Waals surface area (Å²) in [4.78, 5) is 28.2. The third-order valence-electron chi connectivity index (χ3n) is 8.70. The number of carboxylic acids is 1. The lowest BCUT2D eigenvalue weighted by Gasteiger charge is -2.28. The predicted molar refractivity (Wildman–Crippen MR) is 165 cm³/mol. The van der Waals surface area contributed by atoms with Crippen LogP contribution in [0.1, 0.15) is 64.0 Å². The van der Waals surface area contributed by atoms with Gasteiger partial charge in [0.05, 0.1) is 32.3 Å². The molecule has 0 aromatic heterocycles. The predicted octanol–water partition coefficient (Wildman–Crippen LogP) is 5.17. The van der Waals surface area contributed by atoms with E-state index < -0.39 is 42.8 Å². The average Bonchev–Trinajstić information content (AvgIpc) is 3.37. The fourth-order valence-corrected chi connectivity index (χ4v) is 6.97. The molecule has 0 fully saturated rings. The molecule has 14 heteroatoms. The summed E-state index contributed by atoms with van der Waals surface area (Å²) < 4.78 is 66.2. The van der Waals surface area contributed by atoms with E-state index in [4.69, 9.17) is 5.11 Å². The quantitative estimate of drug-likeness (QED) is 0.128. The SMILES string of the molecule is CC1(C)C(/C=C2/C(=O)C(/C=C3\Nc4ccc(S(=O)(=O)O)cc4[C@@]3(C)CCCCCC(=O)O)=C2O)=Nc2ccc(S(=O)(=O)O)cc21. The number of allylic oxidation sites excluding steroid dienone is 5. The number of Topliss-reactive ketones (excluding diaryl/α,β-unsaturated/α-hetero) is 1. The van der Waals surface area contributed by atoms with Crippen LogP contribution >= 0.6 is 0 Å². The van der Waals surface area contributed by atoms with E-state index in [0.717, 1.165) is 0 Å². The molecule has 0 amide bonds. The summed E-state index contributed by atoms with van der Waals surface area (Å²) in [6.45, 7) is 5.39. The number of nitrogens with zero attached hydrogens (tertiary/aromatic N) is 1. The van der Waals surface area contributed by atoms with Crippen LogP contribution in [0.15, 0.2) is 85.9 Å².